The lowest BCUT2D eigenvalue weighted by atomic mass is 10.1. The maximum Gasteiger partial charge on any atom is 0.277 e. The van der Waals surface area contributed by atoms with Crippen LogP contribution in [0.4, 0.5) is 0 Å². The summed E-state index contributed by atoms with van der Waals surface area (Å²) in [4.78, 5) is 12.0. The molecule has 5 nitrogen and oxygen atoms in total. The Balaban J connectivity index is 1.79. The molecule has 1 heterocycles. The van der Waals surface area contributed by atoms with E-state index in [0.717, 1.165) is 22.9 Å². The lowest BCUT2D eigenvalue weighted by Gasteiger charge is -2.12. The van der Waals surface area contributed by atoms with Gasteiger partial charge in [-0.2, -0.15) is 0 Å². The summed E-state index contributed by atoms with van der Waals surface area (Å²) < 4.78 is 6.55. The Morgan fingerprint density at radius 1 is 1.38 bits per heavy atom. The molecule has 0 unspecified atom stereocenters. The van der Waals surface area contributed by atoms with E-state index < -0.39 is 0 Å². The number of carbonyl (C=O) groups excluding carboxylic acids is 1. The first-order valence-corrected chi connectivity index (χ1v) is 9.88. The fourth-order valence-electron chi connectivity index (χ4n) is 2.22. The molecule has 1 atom stereocenters. The number of hydrogen-bond donors (Lipinski definition) is 1. The topological polar surface area (TPSA) is 68.0 Å². The Bertz CT molecular complexity index is 663. The monoisotopic (exact) mass is 411 g/mol. The summed E-state index contributed by atoms with van der Waals surface area (Å²) in [7, 11) is 0. The number of benzene rings is 1. The van der Waals surface area contributed by atoms with E-state index in [2.05, 4.69) is 38.4 Å². The molecule has 1 aromatic carbocycles. The summed E-state index contributed by atoms with van der Waals surface area (Å²) >= 11 is 4.67. The van der Waals surface area contributed by atoms with E-state index in [0.29, 0.717) is 11.1 Å². The van der Waals surface area contributed by atoms with Crippen LogP contribution >= 0.6 is 27.7 Å². The fourth-order valence-corrected chi connectivity index (χ4v) is 3.20. The second-order valence-electron chi connectivity index (χ2n) is 5.64. The summed E-state index contributed by atoms with van der Waals surface area (Å²) in [6.45, 7) is 4.21. The van der Waals surface area contributed by atoms with Crippen molar-refractivity contribution in [3.05, 3.63) is 28.7 Å². The molecule has 1 amide bonds. The Kier molecular flexibility index (Phi) is 7.78. The van der Waals surface area contributed by atoms with E-state index in [9.17, 15) is 4.79 Å². The normalized spacial score (nSPS) is 12.1. The Hall–Kier alpha value is -1.34. The maximum absolute atomic E-state index is 12.0. The van der Waals surface area contributed by atoms with Crippen molar-refractivity contribution in [1.29, 1.82) is 0 Å². The van der Waals surface area contributed by atoms with Gasteiger partial charge in [-0.25, -0.2) is 0 Å². The molecule has 0 fully saturated rings. The third-order valence-electron chi connectivity index (χ3n) is 3.45. The van der Waals surface area contributed by atoms with Crippen LogP contribution in [0.2, 0.25) is 0 Å². The molecule has 7 heteroatoms. The summed E-state index contributed by atoms with van der Waals surface area (Å²) in [5.74, 6) is 0.719. The minimum atomic E-state index is -0.00814. The first-order valence-electron chi connectivity index (χ1n) is 8.10. The number of unbranched alkanes of at least 4 members (excludes halogenated alkanes) is 2. The predicted octanol–water partition coefficient (Wildman–Crippen LogP) is 4.68. The van der Waals surface area contributed by atoms with Crippen LogP contribution in [0.5, 0.6) is 0 Å². The van der Waals surface area contributed by atoms with Gasteiger partial charge >= 0.3 is 0 Å². The number of carbonyl (C=O) groups is 1. The van der Waals surface area contributed by atoms with Gasteiger partial charge in [0.05, 0.1) is 5.75 Å². The molecule has 0 saturated heterocycles. The molecule has 0 bridgehead atoms. The number of nitrogens with one attached hydrogen (secondary N) is 1. The number of amides is 1. The van der Waals surface area contributed by atoms with Crippen molar-refractivity contribution in [2.75, 3.05) is 5.75 Å². The van der Waals surface area contributed by atoms with Gasteiger partial charge in [-0.05, 0) is 31.5 Å². The average Bonchev–Trinajstić information content (AvgIpc) is 3.02. The van der Waals surface area contributed by atoms with Crippen LogP contribution in [0.3, 0.4) is 0 Å². The highest BCUT2D eigenvalue weighted by atomic mass is 79.9. The predicted molar refractivity (Wildman–Crippen MR) is 99.9 cm³/mol. The lowest BCUT2D eigenvalue weighted by Crippen LogP contribution is -2.33. The Morgan fingerprint density at radius 2 is 2.21 bits per heavy atom. The molecule has 24 heavy (non-hydrogen) atoms. The van der Waals surface area contributed by atoms with Crippen LogP contribution in [0.25, 0.3) is 11.5 Å². The summed E-state index contributed by atoms with van der Waals surface area (Å²) in [5.41, 5.74) is 0.845. The van der Waals surface area contributed by atoms with Gasteiger partial charge in [0, 0.05) is 16.1 Å². The van der Waals surface area contributed by atoms with Gasteiger partial charge < -0.3 is 9.73 Å². The minimum Gasteiger partial charge on any atom is -0.411 e. The summed E-state index contributed by atoms with van der Waals surface area (Å²) in [5, 5.41) is 11.4. The van der Waals surface area contributed by atoms with Crippen LogP contribution in [0, 0.1) is 0 Å². The fraction of sp³-hybridized carbons (Fsp3) is 0.471. The SMILES string of the molecule is CCCCC[C@@H](C)NC(=O)CSc1nnc(-c2cccc(Br)c2)o1. The first kappa shape index (κ1) is 19.0. The van der Waals surface area contributed by atoms with Crippen molar-refractivity contribution < 1.29 is 9.21 Å². The van der Waals surface area contributed by atoms with Crippen molar-refractivity contribution in [3.8, 4) is 11.5 Å². The van der Waals surface area contributed by atoms with Gasteiger partial charge in [-0.15, -0.1) is 10.2 Å². The number of thioether (sulfide) groups is 1. The van der Waals surface area contributed by atoms with E-state index in [1.165, 1.54) is 24.6 Å². The molecular weight excluding hydrogens is 390 g/mol. The van der Waals surface area contributed by atoms with E-state index in [1.54, 1.807) is 0 Å². The average molecular weight is 412 g/mol. The molecule has 1 N–H and O–H groups in total. The molecule has 2 aromatic rings. The third-order valence-corrected chi connectivity index (χ3v) is 4.76. The molecule has 2 rings (SSSR count). The second-order valence-corrected chi connectivity index (χ2v) is 7.48. The van der Waals surface area contributed by atoms with Gasteiger partial charge in [0.1, 0.15) is 0 Å². The van der Waals surface area contributed by atoms with Gasteiger partial charge in [-0.1, -0.05) is 59.9 Å². The van der Waals surface area contributed by atoms with Crippen molar-refractivity contribution in [2.45, 2.75) is 50.8 Å². The molecule has 0 aliphatic heterocycles. The van der Waals surface area contributed by atoms with E-state index >= 15 is 0 Å². The summed E-state index contributed by atoms with van der Waals surface area (Å²) in [6, 6.07) is 7.85. The second kappa shape index (κ2) is 9.84. The minimum absolute atomic E-state index is 0.00814. The van der Waals surface area contributed by atoms with Crippen molar-refractivity contribution in [1.82, 2.24) is 15.5 Å². The lowest BCUT2D eigenvalue weighted by molar-refractivity contribution is -0.119. The van der Waals surface area contributed by atoms with Gasteiger partial charge in [0.15, 0.2) is 0 Å². The maximum atomic E-state index is 12.0. The van der Waals surface area contributed by atoms with E-state index in [4.69, 9.17) is 4.42 Å². The molecule has 1 aromatic heterocycles. The zero-order chi connectivity index (χ0) is 17.4. The highest BCUT2D eigenvalue weighted by Crippen LogP contribution is 2.25. The van der Waals surface area contributed by atoms with Crippen molar-refractivity contribution in [2.24, 2.45) is 0 Å². The zero-order valence-corrected chi connectivity index (χ0v) is 16.3. The van der Waals surface area contributed by atoms with Gasteiger partial charge in [0.25, 0.3) is 5.22 Å². The van der Waals surface area contributed by atoms with E-state index in [1.807, 2.05) is 31.2 Å². The highest BCUT2D eigenvalue weighted by molar-refractivity contribution is 9.10. The number of halogens is 1. The van der Waals surface area contributed by atoms with E-state index in [-0.39, 0.29) is 17.7 Å². The molecule has 0 saturated carbocycles. The van der Waals surface area contributed by atoms with Crippen LogP contribution < -0.4 is 5.32 Å². The molecule has 0 radical (unpaired) electrons. The van der Waals surface area contributed by atoms with Gasteiger partial charge in [0.2, 0.25) is 11.8 Å². The van der Waals surface area contributed by atoms with Crippen LogP contribution in [0.15, 0.2) is 38.4 Å². The number of aromatic nitrogens is 2. The van der Waals surface area contributed by atoms with Crippen molar-refractivity contribution in [3.63, 3.8) is 0 Å². The Labute approximate surface area is 155 Å². The quantitative estimate of drug-likeness (QED) is 0.479. The molecule has 0 aliphatic rings. The van der Waals surface area contributed by atoms with Crippen LogP contribution in [-0.4, -0.2) is 27.9 Å². The smallest absolute Gasteiger partial charge is 0.277 e. The highest BCUT2D eigenvalue weighted by Gasteiger charge is 2.12. The standard InChI is InChI=1S/C17H22BrN3O2S/c1-3-4-5-7-12(2)19-15(22)11-24-17-21-20-16(23-17)13-8-6-9-14(18)10-13/h6,8-10,12H,3-5,7,11H2,1-2H3,(H,19,22)/t12-/m1/s1. The largest absolute Gasteiger partial charge is 0.411 e. The first-order chi connectivity index (χ1) is 11.6. The molecular formula is C17H22BrN3O2S. The zero-order valence-electron chi connectivity index (χ0n) is 13.9. The third kappa shape index (κ3) is 6.28. The number of rotatable bonds is 9. The Morgan fingerprint density at radius 3 is 2.96 bits per heavy atom. The van der Waals surface area contributed by atoms with Crippen molar-refractivity contribution >= 4 is 33.6 Å². The molecule has 0 aliphatic carbocycles. The van der Waals surface area contributed by atoms with Gasteiger partial charge in [-0.3, -0.25) is 4.79 Å². The summed E-state index contributed by atoms with van der Waals surface area (Å²) in [6.07, 6.45) is 4.55. The number of nitrogens with zero attached hydrogens (tertiary/aromatic N) is 2. The molecule has 0 spiro atoms. The molecule has 130 valence electrons. The van der Waals surface area contributed by atoms with Crippen LogP contribution in [-0.2, 0) is 4.79 Å². The van der Waals surface area contributed by atoms with Crippen LogP contribution in [0.1, 0.15) is 39.5 Å². The number of hydrogen-bond acceptors (Lipinski definition) is 5.